The first-order chi connectivity index (χ1) is 16.2. The van der Waals surface area contributed by atoms with Crippen LogP contribution < -0.4 is 11.1 Å². The maximum atomic E-state index is 12.4. The van der Waals surface area contributed by atoms with Crippen molar-refractivity contribution in [2.24, 2.45) is 52.1 Å². The van der Waals surface area contributed by atoms with Gasteiger partial charge in [-0.15, -0.1) is 0 Å². The fourth-order valence-corrected chi connectivity index (χ4v) is 9.58. The molecule has 5 N–H and O–H groups in total. The summed E-state index contributed by atoms with van der Waals surface area (Å²) in [6, 6.07) is 0. The van der Waals surface area contributed by atoms with E-state index in [9.17, 15) is 15.0 Å². The molecule has 0 heterocycles. The molecule has 0 aromatic heterocycles. The minimum atomic E-state index is -0.256. The van der Waals surface area contributed by atoms with E-state index in [0.29, 0.717) is 41.4 Å². The van der Waals surface area contributed by atoms with E-state index in [-0.39, 0.29) is 29.4 Å². The summed E-state index contributed by atoms with van der Waals surface area (Å²) in [5, 5.41) is 24.6. The first-order valence-corrected chi connectivity index (χ1v) is 14.5. The van der Waals surface area contributed by atoms with E-state index in [0.717, 1.165) is 64.5 Å². The van der Waals surface area contributed by atoms with E-state index in [1.165, 1.54) is 25.7 Å². The zero-order valence-electron chi connectivity index (χ0n) is 22.1. The molecule has 4 rings (SSSR count). The van der Waals surface area contributed by atoms with Gasteiger partial charge in [0.2, 0.25) is 5.91 Å². The maximum absolute atomic E-state index is 12.4. The maximum Gasteiger partial charge on any atom is 0.220 e. The summed E-state index contributed by atoms with van der Waals surface area (Å²) in [6.45, 7) is 8.88. The highest BCUT2D eigenvalue weighted by atomic mass is 16.3. The van der Waals surface area contributed by atoms with Crippen LogP contribution in [0.5, 0.6) is 0 Å². The number of fused-ring (bicyclic) bond motifs is 5. The Balaban J connectivity index is 1.35. The summed E-state index contributed by atoms with van der Waals surface area (Å²) in [5.41, 5.74) is 6.08. The van der Waals surface area contributed by atoms with Crippen LogP contribution >= 0.6 is 0 Å². The van der Waals surface area contributed by atoms with Crippen LogP contribution in [0.3, 0.4) is 0 Å². The minimum absolute atomic E-state index is 0.189. The van der Waals surface area contributed by atoms with Crippen molar-refractivity contribution in [3.8, 4) is 0 Å². The van der Waals surface area contributed by atoms with E-state index in [4.69, 9.17) is 5.73 Å². The smallest absolute Gasteiger partial charge is 0.220 e. The standard InChI is InChI=1S/C29H52N2O3/c1-19(7-10-27(34)31-16-6-4-5-15-30)22-8-9-23-21-18-26(33)25-17-20(32)11-13-29(25,3)24(21)12-14-28(22,23)2/h19-26,32-33H,4-18,30H2,1-3H3,(H,31,34)/t19-,20-,21+,22-,23+,24+,25+,26+,28-,29-/m0/s1. The van der Waals surface area contributed by atoms with Gasteiger partial charge >= 0.3 is 0 Å². The Labute approximate surface area is 208 Å². The Kier molecular flexibility index (Phi) is 8.36. The van der Waals surface area contributed by atoms with Gasteiger partial charge in [0.1, 0.15) is 0 Å². The molecule has 4 aliphatic rings. The average molecular weight is 477 g/mol. The summed E-state index contributed by atoms with van der Waals surface area (Å²) in [4.78, 5) is 12.4. The topological polar surface area (TPSA) is 95.6 Å². The van der Waals surface area contributed by atoms with Gasteiger partial charge < -0.3 is 21.3 Å². The van der Waals surface area contributed by atoms with Crippen molar-refractivity contribution >= 4 is 5.91 Å². The minimum Gasteiger partial charge on any atom is -0.393 e. The molecule has 0 radical (unpaired) electrons. The first-order valence-electron chi connectivity index (χ1n) is 14.5. The van der Waals surface area contributed by atoms with Crippen molar-refractivity contribution in [2.45, 2.75) is 116 Å². The number of hydrogen-bond donors (Lipinski definition) is 4. The zero-order valence-corrected chi connectivity index (χ0v) is 22.1. The number of carbonyl (C=O) groups excluding carboxylic acids is 1. The summed E-state index contributed by atoms with van der Waals surface area (Å²) >= 11 is 0. The lowest BCUT2D eigenvalue weighted by molar-refractivity contribution is -0.172. The van der Waals surface area contributed by atoms with Crippen LogP contribution in [0.25, 0.3) is 0 Å². The zero-order chi connectivity index (χ0) is 24.5. The Morgan fingerprint density at radius 3 is 2.47 bits per heavy atom. The van der Waals surface area contributed by atoms with Gasteiger partial charge in [-0.05, 0) is 124 Å². The van der Waals surface area contributed by atoms with Gasteiger partial charge in [0.25, 0.3) is 0 Å². The Bertz CT molecular complexity index is 701. The van der Waals surface area contributed by atoms with Crippen molar-refractivity contribution in [1.82, 2.24) is 5.32 Å². The summed E-state index contributed by atoms with van der Waals surface area (Å²) in [5.74, 6) is 3.76. The van der Waals surface area contributed by atoms with Crippen LogP contribution in [0.1, 0.15) is 104 Å². The molecule has 5 nitrogen and oxygen atoms in total. The second kappa shape index (κ2) is 10.8. The Morgan fingerprint density at radius 1 is 0.971 bits per heavy atom. The number of carbonyl (C=O) groups is 1. The predicted octanol–water partition coefficient (Wildman–Crippen LogP) is 4.64. The molecule has 4 fully saturated rings. The van der Waals surface area contributed by atoms with Gasteiger partial charge in [-0.2, -0.15) is 0 Å². The fourth-order valence-electron chi connectivity index (χ4n) is 9.58. The second-order valence-corrected chi connectivity index (χ2v) is 13.2. The Morgan fingerprint density at radius 2 is 1.71 bits per heavy atom. The van der Waals surface area contributed by atoms with Crippen molar-refractivity contribution in [1.29, 1.82) is 0 Å². The lowest BCUT2D eigenvalue weighted by Crippen LogP contribution is -2.58. The van der Waals surface area contributed by atoms with Gasteiger partial charge in [-0.25, -0.2) is 0 Å². The third-order valence-electron chi connectivity index (χ3n) is 11.4. The lowest BCUT2D eigenvalue weighted by atomic mass is 9.44. The SMILES string of the molecule is C[C@@H](CCC(=O)NCCCCCN)[C@@H]1CC[C@@H]2[C@H]3C[C@@H](O)[C@H]4C[C@@H](O)CC[C@@]4(C)[C@@H]3CC[C@]21C. The van der Waals surface area contributed by atoms with Crippen molar-refractivity contribution < 1.29 is 15.0 Å². The summed E-state index contributed by atoms with van der Waals surface area (Å²) in [7, 11) is 0. The van der Waals surface area contributed by atoms with Crippen molar-refractivity contribution in [2.75, 3.05) is 13.1 Å². The largest absolute Gasteiger partial charge is 0.393 e. The number of amides is 1. The molecule has 0 aromatic rings. The number of aliphatic hydroxyl groups is 2. The van der Waals surface area contributed by atoms with Gasteiger partial charge in [-0.3, -0.25) is 4.79 Å². The van der Waals surface area contributed by atoms with E-state index < -0.39 is 0 Å². The molecule has 196 valence electrons. The third-order valence-corrected chi connectivity index (χ3v) is 11.4. The number of nitrogens with two attached hydrogens (primary N) is 1. The number of aliphatic hydroxyl groups excluding tert-OH is 2. The molecule has 4 aliphatic carbocycles. The highest BCUT2D eigenvalue weighted by molar-refractivity contribution is 5.75. The number of rotatable bonds is 9. The molecule has 34 heavy (non-hydrogen) atoms. The molecule has 0 saturated heterocycles. The van der Waals surface area contributed by atoms with Crippen molar-refractivity contribution in [3.63, 3.8) is 0 Å². The molecule has 0 aromatic carbocycles. The summed E-state index contributed by atoms with van der Waals surface area (Å²) < 4.78 is 0. The number of hydrogen-bond acceptors (Lipinski definition) is 4. The third kappa shape index (κ3) is 4.95. The van der Waals surface area contributed by atoms with Crippen LogP contribution in [0.2, 0.25) is 0 Å². The van der Waals surface area contributed by atoms with E-state index in [1.54, 1.807) is 0 Å². The van der Waals surface area contributed by atoms with Crippen molar-refractivity contribution in [3.05, 3.63) is 0 Å². The van der Waals surface area contributed by atoms with Gasteiger partial charge in [-0.1, -0.05) is 27.2 Å². The first kappa shape index (κ1) is 26.4. The fraction of sp³-hybridized carbons (Fsp3) is 0.966. The van der Waals surface area contributed by atoms with Crippen LogP contribution in [-0.4, -0.2) is 41.4 Å². The molecule has 4 saturated carbocycles. The van der Waals surface area contributed by atoms with Crippen LogP contribution in [0.4, 0.5) is 0 Å². The lowest BCUT2D eigenvalue weighted by Gasteiger charge is -2.62. The molecular weight excluding hydrogens is 424 g/mol. The van der Waals surface area contributed by atoms with Gasteiger partial charge in [0, 0.05) is 13.0 Å². The molecule has 1 amide bonds. The van der Waals surface area contributed by atoms with E-state index >= 15 is 0 Å². The quantitative estimate of drug-likeness (QED) is 0.365. The molecule has 0 bridgehead atoms. The molecule has 0 spiro atoms. The average Bonchev–Trinajstić information content (AvgIpc) is 3.16. The van der Waals surface area contributed by atoms with Crippen LogP contribution in [0.15, 0.2) is 0 Å². The molecule has 0 aliphatic heterocycles. The Hall–Kier alpha value is -0.650. The van der Waals surface area contributed by atoms with E-state index in [2.05, 4.69) is 26.1 Å². The van der Waals surface area contributed by atoms with Crippen LogP contribution in [0, 0.1) is 46.3 Å². The highest BCUT2D eigenvalue weighted by Crippen LogP contribution is 2.68. The molecule has 10 atom stereocenters. The highest BCUT2D eigenvalue weighted by Gasteiger charge is 2.62. The molecule has 0 unspecified atom stereocenters. The molecular formula is C29H52N2O3. The van der Waals surface area contributed by atoms with Gasteiger partial charge in [0.05, 0.1) is 12.2 Å². The molecule has 5 heteroatoms. The number of unbranched alkanes of at least 4 members (excludes halogenated alkanes) is 2. The van der Waals surface area contributed by atoms with E-state index in [1.807, 2.05) is 0 Å². The second-order valence-electron chi connectivity index (χ2n) is 13.2. The normalized spacial score (nSPS) is 44.6. The number of nitrogens with one attached hydrogen (secondary N) is 1. The van der Waals surface area contributed by atoms with Gasteiger partial charge in [0.15, 0.2) is 0 Å². The summed E-state index contributed by atoms with van der Waals surface area (Å²) in [6.07, 6.45) is 13.1. The van der Waals surface area contributed by atoms with Crippen LogP contribution in [-0.2, 0) is 4.79 Å². The predicted molar refractivity (Wildman–Crippen MR) is 137 cm³/mol. The monoisotopic (exact) mass is 476 g/mol.